The van der Waals surface area contributed by atoms with Crippen molar-refractivity contribution < 1.29 is 28.5 Å². The summed E-state index contributed by atoms with van der Waals surface area (Å²) in [6.07, 6.45) is 10.1. The molecule has 11 rings (SSSR count). The lowest BCUT2D eigenvalue weighted by atomic mass is 9.92. The van der Waals surface area contributed by atoms with Gasteiger partial charge in [0.15, 0.2) is 5.82 Å². The van der Waals surface area contributed by atoms with Crippen LogP contribution < -0.4 is 35.8 Å². The number of benzene rings is 4. The van der Waals surface area contributed by atoms with Crippen molar-refractivity contribution in [3.8, 4) is 28.0 Å². The van der Waals surface area contributed by atoms with Crippen LogP contribution in [0.15, 0.2) is 97.5 Å². The van der Waals surface area contributed by atoms with Crippen molar-refractivity contribution in [3.63, 3.8) is 0 Å². The number of carbonyl (C=O) groups excluding carboxylic acids is 4. The molecule has 0 spiro atoms. The molecule has 0 radical (unpaired) electrons. The number of piperazine rings is 1. The van der Waals surface area contributed by atoms with Crippen LogP contribution in [0.1, 0.15) is 59.2 Å². The third-order valence-corrected chi connectivity index (χ3v) is 17.7. The molecule has 7 heterocycles. The zero-order valence-corrected chi connectivity index (χ0v) is 45.5. The molecular weight excluding hydrogens is 1020 g/mol. The summed E-state index contributed by atoms with van der Waals surface area (Å²) >= 11 is 6.72. The van der Waals surface area contributed by atoms with Gasteiger partial charge in [-0.05, 0) is 112 Å². The summed E-state index contributed by atoms with van der Waals surface area (Å²) < 4.78 is 21.5. The summed E-state index contributed by atoms with van der Waals surface area (Å²) in [6, 6.07) is 25.0. The molecule has 3 N–H and O–H groups in total. The van der Waals surface area contributed by atoms with Crippen LogP contribution in [0, 0.1) is 5.92 Å². The van der Waals surface area contributed by atoms with Gasteiger partial charge in [-0.25, -0.2) is 4.98 Å². The summed E-state index contributed by atoms with van der Waals surface area (Å²) in [5.41, 5.74) is 7.91. The molecule has 4 aromatic carbocycles. The van der Waals surface area contributed by atoms with Crippen LogP contribution in [-0.2, 0) is 21.2 Å². The largest absolute Gasteiger partial charge is 0.494 e. The number of methoxy groups -OCH3 is 1. The number of aryl methyl sites for hydroxylation is 1. The monoisotopic (exact) mass is 1080 g/mol. The minimum Gasteiger partial charge on any atom is -0.494 e. The number of anilines is 6. The van der Waals surface area contributed by atoms with Gasteiger partial charge in [0.25, 0.3) is 11.8 Å². The minimum atomic E-state index is -2.74. The summed E-state index contributed by atoms with van der Waals surface area (Å²) in [5.74, 6) is -0.0104. The molecule has 6 aromatic rings. The molecule has 4 fully saturated rings. The van der Waals surface area contributed by atoms with Crippen molar-refractivity contribution in [2.75, 3.05) is 99.8 Å². The number of hydrogen-bond donors (Lipinski definition) is 3. The van der Waals surface area contributed by atoms with Gasteiger partial charge in [0.05, 0.1) is 42.0 Å². The van der Waals surface area contributed by atoms with Gasteiger partial charge >= 0.3 is 0 Å². The number of nitrogens with zero attached hydrogens (tertiary/aromatic N) is 9. The fourth-order valence-electron chi connectivity index (χ4n) is 11.7. The molecule has 400 valence electrons. The van der Waals surface area contributed by atoms with Crippen molar-refractivity contribution in [2.45, 2.75) is 50.6 Å². The highest BCUT2D eigenvalue weighted by Gasteiger charge is 2.45. The van der Waals surface area contributed by atoms with Crippen LogP contribution in [-0.4, -0.2) is 150 Å². The van der Waals surface area contributed by atoms with Crippen molar-refractivity contribution >= 4 is 82.2 Å². The maximum Gasteiger partial charge on any atom is 0.262 e. The Morgan fingerprint density at radius 3 is 2.19 bits per heavy atom. The second-order valence-electron chi connectivity index (χ2n) is 21.2. The Kier molecular flexibility index (Phi) is 14.7. The first-order valence-electron chi connectivity index (χ1n) is 26.5. The highest BCUT2D eigenvalue weighted by Crippen LogP contribution is 2.43. The molecule has 0 aliphatic carbocycles. The standard InChI is InChI=1S/C57H64ClN12O6P/c1-65-35-39(32-60-65)43-30-47(62-57-59-33-45(58)53(64-57)61-46-13-10-38(28-51(46)77(3,4)75)37-8-6-5-7-9-37)50(76-2)31-49(43)69-22-18-40(19-23-69)67-20-16-36(17-21-67)34-66-24-26-68(27-25-66)41-11-12-42-44(29-41)56(74)70(55(42)73)48-14-15-52(71)63-54(48)72/h5-13,28-33,35-36,40,48H,14-27,34H2,1-4H3,(H,63,71,72)(H2,59,61,62,64). The van der Waals surface area contributed by atoms with Crippen molar-refractivity contribution in [2.24, 2.45) is 13.0 Å². The third-order valence-electron chi connectivity index (χ3n) is 15.9. The van der Waals surface area contributed by atoms with E-state index in [0.29, 0.717) is 62.3 Å². The molecular formula is C57H64ClN12O6P. The Morgan fingerprint density at radius 1 is 0.740 bits per heavy atom. The Bertz CT molecular complexity index is 3290. The number of nitrogens with one attached hydrogen (secondary N) is 3. The second kappa shape index (κ2) is 21.7. The van der Waals surface area contributed by atoms with Crippen molar-refractivity contribution in [1.82, 2.24) is 39.8 Å². The van der Waals surface area contributed by atoms with Gasteiger partial charge < -0.3 is 34.6 Å². The molecule has 0 bridgehead atoms. The van der Waals surface area contributed by atoms with Crippen LogP contribution in [0.4, 0.5) is 34.5 Å². The van der Waals surface area contributed by atoms with Gasteiger partial charge in [-0.1, -0.05) is 48.0 Å². The number of halogens is 1. The summed E-state index contributed by atoms with van der Waals surface area (Å²) in [5, 5.41) is 14.6. The van der Waals surface area contributed by atoms with E-state index in [9.17, 15) is 23.7 Å². The van der Waals surface area contributed by atoms with Crippen LogP contribution in [0.25, 0.3) is 22.3 Å². The Hall–Kier alpha value is -7.11. The molecule has 77 heavy (non-hydrogen) atoms. The van der Waals surface area contributed by atoms with Crippen molar-refractivity contribution in [3.05, 3.63) is 114 Å². The number of carbonyl (C=O) groups is 4. The number of piperidine rings is 3. The van der Waals surface area contributed by atoms with Gasteiger partial charge in [-0.3, -0.25) is 39.0 Å². The highest BCUT2D eigenvalue weighted by molar-refractivity contribution is 7.70. The summed E-state index contributed by atoms with van der Waals surface area (Å²) in [7, 11) is 0.848. The lowest BCUT2D eigenvalue weighted by molar-refractivity contribution is -0.136. The number of likely N-dealkylation sites (tertiary alicyclic amines) is 1. The number of rotatable bonds is 14. The normalized spacial score (nSPS) is 19.2. The van der Waals surface area contributed by atoms with E-state index in [0.717, 1.165) is 110 Å². The molecule has 18 nitrogen and oxygen atoms in total. The van der Waals surface area contributed by atoms with Gasteiger partial charge in [0.1, 0.15) is 24.0 Å². The van der Waals surface area contributed by atoms with Crippen LogP contribution in [0.3, 0.4) is 0 Å². The van der Waals surface area contributed by atoms with E-state index < -0.39 is 30.9 Å². The van der Waals surface area contributed by atoms with E-state index in [1.54, 1.807) is 38.8 Å². The zero-order valence-electron chi connectivity index (χ0n) is 43.9. The Labute approximate surface area is 453 Å². The summed E-state index contributed by atoms with van der Waals surface area (Å²) in [4.78, 5) is 71.4. The van der Waals surface area contributed by atoms with Gasteiger partial charge in [0, 0.05) is 105 Å². The number of amides is 4. The smallest absolute Gasteiger partial charge is 0.262 e. The first kappa shape index (κ1) is 52.0. The number of hydrogen-bond acceptors (Lipinski definition) is 15. The van der Waals surface area contributed by atoms with E-state index in [-0.39, 0.29) is 18.7 Å². The molecule has 4 amide bonds. The van der Waals surface area contributed by atoms with E-state index in [1.807, 2.05) is 78.7 Å². The zero-order chi connectivity index (χ0) is 53.5. The topological polar surface area (TPSA) is 190 Å². The first-order valence-corrected chi connectivity index (χ1v) is 29.5. The molecule has 5 aliphatic rings. The van der Waals surface area contributed by atoms with E-state index in [1.165, 1.54) is 12.8 Å². The third kappa shape index (κ3) is 10.9. The molecule has 2 aromatic heterocycles. The second-order valence-corrected chi connectivity index (χ2v) is 24.8. The quantitative estimate of drug-likeness (QED) is 0.0706. The van der Waals surface area contributed by atoms with E-state index >= 15 is 0 Å². The van der Waals surface area contributed by atoms with E-state index in [2.05, 4.69) is 57.8 Å². The van der Waals surface area contributed by atoms with Gasteiger partial charge in [-0.2, -0.15) is 10.1 Å². The molecule has 1 atom stereocenters. The molecule has 20 heteroatoms. The molecule has 4 saturated heterocycles. The predicted molar refractivity (Wildman–Crippen MR) is 301 cm³/mol. The predicted octanol–water partition coefficient (Wildman–Crippen LogP) is 7.85. The Balaban J connectivity index is 0.699. The average Bonchev–Trinajstić information content (AvgIpc) is 3.99. The number of ether oxygens (including phenoxy) is 1. The fraction of sp³-hybridized carbons (Fsp3) is 0.386. The average molecular weight is 1080 g/mol. The van der Waals surface area contributed by atoms with Gasteiger partial charge in [-0.15, -0.1) is 0 Å². The lowest BCUT2D eigenvalue weighted by Gasteiger charge is -2.44. The molecule has 5 aliphatic heterocycles. The van der Waals surface area contributed by atoms with Gasteiger partial charge in [0.2, 0.25) is 17.8 Å². The number of fused-ring (bicyclic) bond motifs is 1. The number of imide groups is 2. The Morgan fingerprint density at radius 2 is 1.49 bits per heavy atom. The van der Waals surface area contributed by atoms with Crippen LogP contribution in [0.5, 0.6) is 5.75 Å². The van der Waals surface area contributed by atoms with Crippen LogP contribution >= 0.6 is 18.7 Å². The first-order chi connectivity index (χ1) is 37.2. The van der Waals surface area contributed by atoms with E-state index in [4.69, 9.17) is 21.3 Å². The molecule has 0 saturated carbocycles. The lowest BCUT2D eigenvalue weighted by Crippen LogP contribution is -2.54. The molecule has 1 unspecified atom stereocenters. The number of aromatic nitrogens is 4. The highest BCUT2D eigenvalue weighted by atomic mass is 35.5. The maximum absolute atomic E-state index is 13.7. The summed E-state index contributed by atoms with van der Waals surface area (Å²) in [6.45, 7) is 12.0. The maximum atomic E-state index is 13.7. The SMILES string of the molecule is COc1cc(N2CCC(N3CCC(CN4CCN(c5ccc6c(c5)C(=O)N(C5CCC(=O)NC5=O)C6=O)CC4)CC3)CC2)c(-c2cnn(C)c2)cc1Nc1ncc(Cl)c(Nc2ccc(-c3ccccc3)cc2P(C)(C)=O)n1. The minimum absolute atomic E-state index is 0.0911. The van der Waals surface area contributed by atoms with Crippen LogP contribution in [0.2, 0.25) is 5.02 Å². The van der Waals surface area contributed by atoms with Crippen molar-refractivity contribution in [1.29, 1.82) is 0 Å². The fourth-order valence-corrected chi connectivity index (χ4v) is 13.0.